The van der Waals surface area contributed by atoms with E-state index in [2.05, 4.69) is 4.90 Å². The molecule has 0 atom stereocenters. The zero-order valence-electron chi connectivity index (χ0n) is 8.88. The Morgan fingerprint density at radius 3 is 2.08 bits per heavy atom. The molecule has 1 aliphatic rings. The average Bonchev–Trinajstić information content (AvgIpc) is 2.01. The maximum Gasteiger partial charge on any atom is 0.0872 e. The van der Waals surface area contributed by atoms with Crippen LogP contribution in [0.15, 0.2) is 0 Å². The van der Waals surface area contributed by atoms with Crippen LogP contribution in [0.1, 0.15) is 33.6 Å². The van der Waals surface area contributed by atoms with E-state index >= 15 is 0 Å². The number of hydrogen-bond donors (Lipinski definition) is 2. The minimum atomic E-state index is -0.559. The lowest BCUT2D eigenvalue weighted by molar-refractivity contribution is -0.115. The molecule has 0 unspecified atom stereocenters. The van der Waals surface area contributed by atoms with Gasteiger partial charge in [0.15, 0.2) is 0 Å². The van der Waals surface area contributed by atoms with Gasteiger partial charge in [0.2, 0.25) is 0 Å². The van der Waals surface area contributed by atoms with Crippen molar-refractivity contribution < 1.29 is 10.2 Å². The Balaban J connectivity index is 2.34. The van der Waals surface area contributed by atoms with Gasteiger partial charge in [-0.05, 0) is 19.8 Å². The van der Waals surface area contributed by atoms with Gasteiger partial charge >= 0.3 is 0 Å². The molecule has 0 aromatic rings. The summed E-state index contributed by atoms with van der Waals surface area (Å²) >= 11 is 0. The molecule has 1 rings (SSSR count). The Hall–Kier alpha value is -0.120. The first-order valence-electron chi connectivity index (χ1n) is 5.08. The molecule has 3 nitrogen and oxygen atoms in total. The predicted molar refractivity (Wildman–Crippen MR) is 52.6 cm³/mol. The van der Waals surface area contributed by atoms with Gasteiger partial charge < -0.3 is 10.2 Å². The summed E-state index contributed by atoms with van der Waals surface area (Å²) < 4.78 is 0. The fourth-order valence-corrected chi connectivity index (χ4v) is 1.92. The second-order valence-corrected chi connectivity index (χ2v) is 4.57. The summed E-state index contributed by atoms with van der Waals surface area (Å²) in [6, 6.07) is 0. The zero-order chi connectivity index (χ0) is 10.1. The van der Waals surface area contributed by atoms with Crippen LogP contribution in [0, 0.1) is 0 Å². The summed E-state index contributed by atoms with van der Waals surface area (Å²) in [5.41, 5.74) is -1.08. The highest BCUT2D eigenvalue weighted by molar-refractivity contribution is 4.94. The van der Waals surface area contributed by atoms with Crippen molar-refractivity contribution in [3.05, 3.63) is 0 Å². The van der Waals surface area contributed by atoms with Gasteiger partial charge in [0.1, 0.15) is 0 Å². The van der Waals surface area contributed by atoms with E-state index in [4.69, 9.17) is 0 Å². The monoisotopic (exact) mass is 187 g/mol. The average molecular weight is 187 g/mol. The Labute approximate surface area is 80.4 Å². The molecule has 0 saturated carbocycles. The molecule has 0 radical (unpaired) electrons. The van der Waals surface area contributed by atoms with E-state index in [9.17, 15) is 10.2 Å². The molecule has 78 valence electrons. The molecule has 1 aliphatic heterocycles. The van der Waals surface area contributed by atoms with E-state index < -0.39 is 11.2 Å². The van der Waals surface area contributed by atoms with Crippen molar-refractivity contribution in [3.63, 3.8) is 0 Å². The lowest BCUT2D eigenvalue weighted by atomic mass is 9.91. The SMILES string of the molecule is CCC(O)(CC)CN1CC(C)(O)C1. The van der Waals surface area contributed by atoms with Crippen molar-refractivity contribution in [2.45, 2.75) is 44.8 Å². The van der Waals surface area contributed by atoms with Gasteiger partial charge in [-0.2, -0.15) is 0 Å². The van der Waals surface area contributed by atoms with Crippen LogP contribution in [0.3, 0.4) is 0 Å². The fourth-order valence-electron chi connectivity index (χ4n) is 1.92. The molecule has 0 bridgehead atoms. The molecular weight excluding hydrogens is 166 g/mol. The Kier molecular flexibility index (Phi) is 3.00. The first-order valence-corrected chi connectivity index (χ1v) is 5.08. The van der Waals surface area contributed by atoms with E-state index in [1.54, 1.807) is 0 Å². The second kappa shape index (κ2) is 3.56. The molecule has 13 heavy (non-hydrogen) atoms. The molecule has 2 N–H and O–H groups in total. The van der Waals surface area contributed by atoms with Gasteiger partial charge in [0.05, 0.1) is 11.2 Å². The van der Waals surface area contributed by atoms with Crippen LogP contribution in [0.25, 0.3) is 0 Å². The van der Waals surface area contributed by atoms with E-state index in [1.165, 1.54) is 0 Å². The van der Waals surface area contributed by atoms with E-state index in [-0.39, 0.29) is 0 Å². The van der Waals surface area contributed by atoms with Crippen LogP contribution in [0.4, 0.5) is 0 Å². The van der Waals surface area contributed by atoms with E-state index in [0.29, 0.717) is 19.6 Å². The summed E-state index contributed by atoms with van der Waals surface area (Å²) in [5, 5.41) is 19.5. The smallest absolute Gasteiger partial charge is 0.0872 e. The molecule has 0 aromatic heterocycles. The standard InChI is InChI=1S/C10H21NO2/c1-4-10(13,5-2)8-11-6-9(3,12)7-11/h12-13H,4-8H2,1-3H3. The molecule has 0 aliphatic carbocycles. The number of nitrogens with zero attached hydrogens (tertiary/aromatic N) is 1. The molecule has 1 fully saturated rings. The highest BCUT2D eigenvalue weighted by atomic mass is 16.3. The summed E-state index contributed by atoms with van der Waals surface area (Å²) in [5.74, 6) is 0. The third-order valence-corrected chi connectivity index (χ3v) is 2.96. The van der Waals surface area contributed by atoms with Crippen LogP contribution in [-0.2, 0) is 0 Å². The normalized spacial score (nSPS) is 22.8. The third kappa shape index (κ3) is 2.66. The van der Waals surface area contributed by atoms with Crippen molar-refractivity contribution in [2.75, 3.05) is 19.6 Å². The van der Waals surface area contributed by atoms with Crippen LogP contribution in [-0.4, -0.2) is 45.9 Å². The van der Waals surface area contributed by atoms with Gasteiger partial charge in [0, 0.05) is 19.6 Å². The number of rotatable bonds is 4. The zero-order valence-corrected chi connectivity index (χ0v) is 8.88. The minimum Gasteiger partial charge on any atom is -0.389 e. The highest BCUT2D eigenvalue weighted by Gasteiger charge is 2.39. The molecule has 0 spiro atoms. The van der Waals surface area contributed by atoms with E-state index in [1.807, 2.05) is 20.8 Å². The molecule has 0 aromatic carbocycles. The first kappa shape index (κ1) is 11.0. The van der Waals surface area contributed by atoms with Gasteiger partial charge in [-0.1, -0.05) is 13.8 Å². The fraction of sp³-hybridized carbons (Fsp3) is 1.00. The number of aliphatic hydroxyl groups is 2. The topological polar surface area (TPSA) is 43.7 Å². The number of β-amino-alcohol motifs (C(OH)–C–C–N with tert-alkyl or cyclic N) is 2. The maximum absolute atomic E-state index is 10.0. The Morgan fingerprint density at radius 1 is 1.31 bits per heavy atom. The predicted octanol–water partition coefficient (Wildman–Crippen LogP) is 0.604. The molecule has 0 amide bonds. The summed E-state index contributed by atoms with van der Waals surface area (Å²) in [6.07, 6.45) is 1.56. The minimum absolute atomic E-state index is 0.525. The molecular formula is C10H21NO2. The number of likely N-dealkylation sites (tertiary alicyclic amines) is 1. The molecule has 1 heterocycles. The van der Waals surface area contributed by atoms with Crippen molar-refractivity contribution >= 4 is 0 Å². The first-order chi connectivity index (χ1) is 5.91. The Bertz CT molecular complexity index is 168. The lowest BCUT2D eigenvalue weighted by Crippen LogP contribution is -2.63. The number of hydrogen-bond acceptors (Lipinski definition) is 3. The van der Waals surface area contributed by atoms with Gasteiger partial charge in [0.25, 0.3) is 0 Å². The van der Waals surface area contributed by atoms with Crippen LogP contribution < -0.4 is 0 Å². The van der Waals surface area contributed by atoms with Crippen molar-refractivity contribution in [2.24, 2.45) is 0 Å². The van der Waals surface area contributed by atoms with Crippen LogP contribution >= 0.6 is 0 Å². The van der Waals surface area contributed by atoms with Crippen molar-refractivity contribution in [3.8, 4) is 0 Å². The maximum atomic E-state index is 10.0. The Morgan fingerprint density at radius 2 is 1.77 bits per heavy atom. The van der Waals surface area contributed by atoms with Gasteiger partial charge in [-0.3, -0.25) is 4.90 Å². The van der Waals surface area contributed by atoms with E-state index in [0.717, 1.165) is 12.8 Å². The quantitative estimate of drug-likeness (QED) is 0.677. The van der Waals surface area contributed by atoms with Crippen molar-refractivity contribution in [1.82, 2.24) is 4.90 Å². The summed E-state index contributed by atoms with van der Waals surface area (Å²) in [6.45, 7) is 7.91. The van der Waals surface area contributed by atoms with Crippen molar-refractivity contribution in [1.29, 1.82) is 0 Å². The van der Waals surface area contributed by atoms with Gasteiger partial charge in [-0.15, -0.1) is 0 Å². The van der Waals surface area contributed by atoms with Crippen LogP contribution in [0.2, 0.25) is 0 Å². The second-order valence-electron chi connectivity index (χ2n) is 4.57. The lowest BCUT2D eigenvalue weighted by Gasteiger charge is -2.47. The summed E-state index contributed by atoms with van der Waals surface area (Å²) in [4.78, 5) is 2.10. The molecule has 1 saturated heterocycles. The molecule has 3 heteroatoms. The summed E-state index contributed by atoms with van der Waals surface area (Å²) in [7, 11) is 0. The van der Waals surface area contributed by atoms with Gasteiger partial charge in [-0.25, -0.2) is 0 Å². The third-order valence-electron chi connectivity index (χ3n) is 2.96. The largest absolute Gasteiger partial charge is 0.389 e. The highest BCUT2D eigenvalue weighted by Crippen LogP contribution is 2.24. The van der Waals surface area contributed by atoms with Crippen LogP contribution in [0.5, 0.6) is 0 Å².